The summed E-state index contributed by atoms with van der Waals surface area (Å²) in [6.07, 6.45) is 1.41. The van der Waals surface area contributed by atoms with Gasteiger partial charge in [0.1, 0.15) is 5.58 Å². The molecule has 0 bridgehead atoms. The second kappa shape index (κ2) is 9.53. The van der Waals surface area contributed by atoms with Crippen LogP contribution in [0.1, 0.15) is 47.4 Å². The van der Waals surface area contributed by atoms with Crippen LogP contribution < -0.4 is 0 Å². The lowest BCUT2D eigenvalue weighted by molar-refractivity contribution is -0.0266. The van der Waals surface area contributed by atoms with Gasteiger partial charge in [0, 0.05) is 49.6 Å². The van der Waals surface area contributed by atoms with Crippen molar-refractivity contribution in [1.82, 2.24) is 9.80 Å². The molecule has 1 amide bonds. The number of aliphatic hydroxyl groups is 1. The normalized spacial score (nSPS) is 20.1. The third-order valence-electron chi connectivity index (χ3n) is 7.15. The van der Waals surface area contributed by atoms with Crippen LogP contribution in [0.3, 0.4) is 0 Å². The molecule has 6 heteroatoms. The molecule has 3 aromatic rings. The van der Waals surface area contributed by atoms with E-state index in [0.717, 1.165) is 55.2 Å². The van der Waals surface area contributed by atoms with Gasteiger partial charge in [-0.1, -0.05) is 43.3 Å². The van der Waals surface area contributed by atoms with Crippen molar-refractivity contribution in [1.29, 1.82) is 0 Å². The van der Waals surface area contributed by atoms with E-state index >= 15 is 0 Å². The topological polar surface area (TPSA) is 56.9 Å². The minimum Gasteiger partial charge on any atom is -0.451 e. The summed E-state index contributed by atoms with van der Waals surface area (Å²) < 4.78 is 5.87. The fraction of sp³-hybridized carbons (Fsp3) is 0.444. The van der Waals surface area contributed by atoms with Crippen LogP contribution in [-0.2, 0) is 5.60 Å². The molecular formula is C27H32N2O3S. The number of likely N-dealkylation sites (tertiary alicyclic amines) is 1. The van der Waals surface area contributed by atoms with E-state index in [1.807, 2.05) is 40.9 Å². The third-order valence-corrected chi connectivity index (χ3v) is 8.09. The first kappa shape index (κ1) is 22.5. The van der Waals surface area contributed by atoms with Gasteiger partial charge in [-0.15, -0.1) is 0 Å². The van der Waals surface area contributed by atoms with Crippen molar-refractivity contribution in [2.45, 2.75) is 31.3 Å². The Labute approximate surface area is 199 Å². The second-order valence-corrected chi connectivity index (χ2v) is 10.6. The Bertz CT molecular complexity index is 1100. The van der Waals surface area contributed by atoms with Crippen LogP contribution in [0.5, 0.6) is 0 Å². The van der Waals surface area contributed by atoms with E-state index in [-0.39, 0.29) is 5.91 Å². The molecule has 1 aromatic heterocycles. The molecule has 2 aliphatic rings. The molecule has 5 nitrogen and oxygen atoms in total. The quantitative estimate of drug-likeness (QED) is 0.593. The average molecular weight is 465 g/mol. The number of piperidine rings is 1. The number of nitrogens with zero attached hydrogens (tertiary/aromatic N) is 2. The molecule has 2 aliphatic heterocycles. The summed E-state index contributed by atoms with van der Waals surface area (Å²) in [6.45, 7) is 6.55. The maximum atomic E-state index is 12.8. The molecule has 2 aromatic carbocycles. The van der Waals surface area contributed by atoms with Gasteiger partial charge in [0.2, 0.25) is 0 Å². The maximum absolute atomic E-state index is 12.8. The summed E-state index contributed by atoms with van der Waals surface area (Å²) in [5.41, 5.74) is 2.13. The monoisotopic (exact) mass is 464 g/mol. The smallest absolute Gasteiger partial charge is 0.289 e. The Balaban J connectivity index is 1.25. The van der Waals surface area contributed by atoms with Gasteiger partial charge in [0.25, 0.3) is 5.91 Å². The predicted molar refractivity (Wildman–Crippen MR) is 134 cm³/mol. The summed E-state index contributed by atoms with van der Waals surface area (Å²) in [5.74, 6) is 2.78. The van der Waals surface area contributed by atoms with Crippen molar-refractivity contribution >= 4 is 28.6 Å². The number of thioether (sulfide) groups is 1. The highest BCUT2D eigenvalue weighted by molar-refractivity contribution is 7.99. The molecule has 0 radical (unpaired) electrons. The average Bonchev–Trinajstić information content (AvgIpc) is 3.30. The van der Waals surface area contributed by atoms with Gasteiger partial charge in [-0.2, -0.15) is 11.8 Å². The van der Waals surface area contributed by atoms with Gasteiger partial charge < -0.3 is 19.3 Å². The summed E-state index contributed by atoms with van der Waals surface area (Å²) in [7, 11) is 0. The minimum absolute atomic E-state index is 0.0346. The zero-order valence-corrected chi connectivity index (χ0v) is 20.0. The number of rotatable bonds is 5. The van der Waals surface area contributed by atoms with Gasteiger partial charge in [-0.3, -0.25) is 4.79 Å². The van der Waals surface area contributed by atoms with Crippen molar-refractivity contribution in [3.63, 3.8) is 0 Å². The number of benzene rings is 2. The van der Waals surface area contributed by atoms with Crippen molar-refractivity contribution < 1.29 is 14.3 Å². The highest BCUT2D eigenvalue weighted by Crippen LogP contribution is 2.36. The summed E-state index contributed by atoms with van der Waals surface area (Å²) in [5, 5.41) is 12.3. The molecular weight excluding hydrogens is 432 g/mol. The number of hydrogen-bond donors (Lipinski definition) is 1. The van der Waals surface area contributed by atoms with Crippen molar-refractivity contribution in [2.24, 2.45) is 0 Å². The van der Waals surface area contributed by atoms with Crippen molar-refractivity contribution in [2.75, 3.05) is 44.2 Å². The molecule has 3 heterocycles. The highest BCUT2D eigenvalue weighted by atomic mass is 32.2. The van der Waals surface area contributed by atoms with Crippen LogP contribution in [0, 0.1) is 0 Å². The lowest BCUT2D eigenvalue weighted by Crippen LogP contribution is -2.43. The van der Waals surface area contributed by atoms with E-state index in [1.54, 1.807) is 0 Å². The molecule has 1 N–H and O–H groups in total. The highest BCUT2D eigenvalue weighted by Gasteiger charge is 2.34. The molecule has 2 fully saturated rings. The number of carbonyl (C=O) groups is 1. The van der Waals surface area contributed by atoms with E-state index in [9.17, 15) is 9.90 Å². The largest absolute Gasteiger partial charge is 0.451 e. The Morgan fingerprint density at radius 1 is 1.06 bits per heavy atom. The summed E-state index contributed by atoms with van der Waals surface area (Å²) in [4.78, 5) is 17.1. The minimum atomic E-state index is -0.841. The predicted octanol–water partition coefficient (Wildman–Crippen LogP) is 4.71. The Morgan fingerprint density at radius 2 is 1.79 bits per heavy atom. The van der Waals surface area contributed by atoms with Crippen LogP contribution >= 0.6 is 11.8 Å². The molecule has 174 valence electrons. The molecule has 0 spiro atoms. The number of fused-ring (bicyclic) bond motifs is 1. The van der Waals surface area contributed by atoms with Gasteiger partial charge in [-0.05, 0) is 48.1 Å². The van der Waals surface area contributed by atoms with Crippen LogP contribution in [0.25, 0.3) is 11.0 Å². The van der Waals surface area contributed by atoms with Crippen LogP contribution in [-0.4, -0.2) is 65.0 Å². The molecule has 0 saturated carbocycles. The van der Waals surface area contributed by atoms with Crippen LogP contribution in [0.4, 0.5) is 0 Å². The van der Waals surface area contributed by atoms with Crippen molar-refractivity contribution in [3.8, 4) is 0 Å². The summed E-state index contributed by atoms with van der Waals surface area (Å²) in [6, 6.07) is 18.3. The van der Waals surface area contributed by atoms with E-state index in [0.29, 0.717) is 30.1 Å². The van der Waals surface area contributed by atoms with Gasteiger partial charge in [-0.25, -0.2) is 0 Å². The lowest BCUT2D eigenvalue weighted by Gasteiger charge is -2.39. The molecule has 0 aliphatic carbocycles. The Kier molecular flexibility index (Phi) is 6.50. The molecule has 1 atom stereocenters. The number of amides is 1. The van der Waals surface area contributed by atoms with E-state index in [1.165, 1.54) is 5.56 Å². The van der Waals surface area contributed by atoms with Gasteiger partial charge in [0.05, 0.1) is 5.60 Å². The van der Waals surface area contributed by atoms with E-state index in [2.05, 4.69) is 42.2 Å². The van der Waals surface area contributed by atoms with Gasteiger partial charge in [0.15, 0.2) is 5.76 Å². The zero-order chi connectivity index (χ0) is 22.8. The maximum Gasteiger partial charge on any atom is 0.289 e. The van der Waals surface area contributed by atoms with Crippen LogP contribution in [0.2, 0.25) is 0 Å². The summed E-state index contributed by atoms with van der Waals surface area (Å²) >= 11 is 1.88. The second-order valence-electron chi connectivity index (χ2n) is 9.41. The first-order valence-corrected chi connectivity index (χ1v) is 13.1. The van der Waals surface area contributed by atoms with Crippen LogP contribution in [0.15, 0.2) is 59.0 Å². The molecule has 1 unspecified atom stereocenters. The van der Waals surface area contributed by atoms with Gasteiger partial charge >= 0.3 is 0 Å². The first-order valence-electron chi connectivity index (χ1n) is 11.9. The standard InChI is InChI=1S/C27H32N2O3S/c1-20(21-5-3-2-4-6-21)19-28-11-9-27(31,10-12-28)23-7-8-24-22(17-23)18-25(32-24)26(30)29-13-15-33-16-14-29/h2-8,17-18,20,31H,9-16,19H2,1H3. The van der Waals surface area contributed by atoms with E-state index < -0.39 is 5.60 Å². The zero-order valence-electron chi connectivity index (χ0n) is 19.2. The Hall–Kier alpha value is -2.28. The molecule has 33 heavy (non-hydrogen) atoms. The van der Waals surface area contributed by atoms with E-state index in [4.69, 9.17) is 4.42 Å². The molecule has 2 saturated heterocycles. The SMILES string of the molecule is CC(CN1CCC(O)(c2ccc3oc(C(=O)N4CCSCC4)cc3c2)CC1)c1ccccc1. The number of furan rings is 1. The molecule has 5 rings (SSSR count). The lowest BCUT2D eigenvalue weighted by atomic mass is 9.83. The fourth-order valence-electron chi connectivity index (χ4n) is 5.03. The number of hydrogen-bond acceptors (Lipinski definition) is 5. The third kappa shape index (κ3) is 4.84. The fourth-order valence-corrected chi connectivity index (χ4v) is 5.93. The number of carbonyl (C=O) groups excluding carboxylic acids is 1. The Morgan fingerprint density at radius 3 is 2.52 bits per heavy atom. The van der Waals surface area contributed by atoms with Crippen molar-refractivity contribution in [3.05, 3.63) is 71.5 Å². The first-order chi connectivity index (χ1) is 16.0.